The number of benzene rings is 2. The smallest absolute Gasteiger partial charge is 0.122 e. The van der Waals surface area contributed by atoms with Crippen molar-refractivity contribution in [2.45, 2.75) is 25.9 Å². The highest BCUT2D eigenvalue weighted by molar-refractivity contribution is 5.37. The van der Waals surface area contributed by atoms with Gasteiger partial charge in [-0.3, -0.25) is 0 Å². The molecule has 0 fully saturated rings. The van der Waals surface area contributed by atoms with Gasteiger partial charge in [0, 0.05) is 0 Å². The van der Waals surface area contributed by atoms with Crippen LogP contribution in [0.2, 0.25) is 0 Å². The van der Waals surface area contributed by atoms with Gasteiger partial charge in [-0.2, -0.15) is 0 Å². The second-order valence-electron chi connectivity index (χ2n) is 4.78. The third-order valence-electron chi connectivity index (χ3n) is 3.31. The Kier molecular flexibility index (Phi) is 4.58. The van der Waals surface area contributed by atoms with E-state index in [9.17, 15) is 5.11 Å². The minimum absolute atomic E-state index is 0.425. The van der Waals surface area contributed by atoms with Gasteiger partial charge < -0.3 is 9.84 Å². The van der Waals surface area contributed by atoms with E-state index in [1.807, 2.05) is 42.5 Å². The van der Waals surface area contributed by atoms with Crippen LogP contribution in [0.3, 0.4) is 0 Å². The van der Waals surface area contributed by atoms with E-state index in [-0.39, 0.29) is 0 Å². The first kappa shape index (κ1) is 13.6. The SMILES string of the molecule is COc1ccc(C)cc1CCC(O)c1ccccc1. The topological polar surface area (TPSA) is 29.5 Å². The maximum absolute atomic E-state index is 10.2. The van der Waals surface area contributed by atoms with Crippen molar-refractivity contribution in [3.63, 3.8) is 0 Å². The number of hydrogen-bond acceptors (Lipinski definition) is 2. The van der Waals surface area contributed by atoms with Gasteiger partial charge in [0.15, 0.2) is 0 Å². The number of rotatable bonds is 5. The number of aliphatic hydroxyl groups is 1. The molecule has 0 heterocycles. The molecule has 1 unspecified atom stereocenters. The zero-order valence-electron chi connectivity index (χ0n) is 11.5. The molecule has 0 saturated heterocycles. The van der Waals surface area contributed by atoms with Crippen LogP contribution in [0.5, 0.6) is 5.75 Å². The Morgan fingerprint density at radius 1 is 1.11 bits per heavy atom. The lowest BCUT2D eigenvalue weighted by Gasteiger charge is -2.13. The Morgan fingerprint density at radius 2 is 1.84 bits per heavy atom. The lowest BCUT2D eigenvalue weighted by atomic mass is 10.00. The molecule has 0 aromatic heterocycles. The molecule has 100 valence electrons. The summed E-state index contributed by atoms with van der Waals surface area (Å²) in [4.78, 5) is 0. The molecule has 0 aliphatic heterocycles. The van der Waals surface area contributed by atoms with Crippen LogP contribution in [-0.2, 0) is 6.42 Å². The van der Waals surface area contributed by atoms with Crippen LogP contribution in [-0.4, -0.2) is 12.2 Å². The van der Waals surface area contributed by atoms with Gasteiger partial charge in [-0.25, -0.2) is 0 Å². The molecular weight excluding hydrogens is 236 g/mol. The summed E-state index contributed by atoms with van der Waals surface area (Å²) in [6.45, 7) is 2.07. The summed E-state index contributed by atoms with van der Waals surface area (Å²) in [6, 6.07) is 15.9. The molecule has 0 aliphatic rings. The minimum Gasteiger partial charge on any atom is -0.496 e. The van der Waals surface area contributed by atoms with Crippen molar-refractivity contribution in [3.8, 4) is 5.75 Å². The molecule has 2 nitrogen and oxygen atoms in total. The predicted molar refractivity (Wildman–Crippen MR) is 77.5 cm³/mol. The number of ether oxygens (including phenoxy) is 1. The van der Waals surface area contributed by atoms with Gasteiger partial charge in [-0.1, -0.05) is 48.0 Å². The molecule has 0 saturated carbocycles. The fourth-order valence-corrected chi connectivity index (χ4v) is 2.24. The van der Waals surface area contributed by atoms with E-state index in [0.29, 0.717) is 6.42 Å². The molecule has 19 heavy (non-hydrogen) atoms. The molecule has 2 aromatic carbocycles. The van der Waals surface area contributed by atoms with Gasteiger partial charge in [0.05, 0.1) is 13.2 Å². The average molecular weight is 256 g/mol. The lowest BCUT2D eigenvalue weighted by Crippen LogP contribution is -2.01. The molecule has 1 N–H and O–H groups in total. The Labute approximate surface area is 114 Å². The molecule has 0 radical (unpaired) electrons. The summed E-state index contributed by atoms with van der Waals surface area (Å²) < 4.78 is 5.36. The average Bonchev–Trinajstić information content (AvgIpc) is 2.46. The van der Waals surface area contributed by atoms with Gasteiger partial charge in [0.1, 0.15) is 5.75 Å². The van der Waals surface area contributed by atoms with Gasteiger partial charge in [-0.05, 0) is 37.0 Å². The second kappa shape index (κ2) is 6.39. The van der Waals surface area contributed by atoms with E-state index in [1.165, 1.54) is 5.56 Å². The third-order valence-corrected chi connectivity index (χ3v) is 3.31. The molecule has 1 atom stereocenters. The van der Waals surface area contributed by atoms with Crippen LogP contribution >= 0.6 is 0 Å². The number of aryl methyl sites for hydroxylation is 2. The maximum atomic E-state index is 10.2. The van der Waals surface area contributed by atoms with Gasteiger partial charge >= 0.3 is 0 Å². The first-order valence-corrected chi connectivity index (χ1v) is 6.57. The summed E-state index contributed by atoms with van der Waals surface area (Å²) >= 11 is 0. The predicted octanol–water partition coefficient (Wildman–Crippen LogP) is 3.67. The van der Waals surface area contributed by atoms with E-state index < -0.39 is 6.10 Å². The van der Waals surface area contributed by atoms with E-state index >= 15 is 0 Å². The fourth-order valence-electron chi connectivity index (χ4n) is 2.24. The summed E-state index contributed by atoms with van der Waals surface area (Å²) in [5, 5.41) is 10.2. The maximum Gasteiger partial charge on any atom is 0.122 e. The highest BCUT2D eigenvalue weighted by Crippen LogP contribution is 2.25. The zero-order chi connectivity index (χ0) is 13.7. The van der Waals surface area contributed by atoms with Crippen molar-refractivity contribution in [2.24, 2.45) is 0 Å². The summed E-state index contributed by atoms with van der Waals surface area (Å²) in [5.74, 6) is 0.894. The monoisotopic (exact) mass is 256 g/mol. The van der Waals surface area contributed by atoms with E-state index in [2.05, 4.69) is 13.0 Å². The number of hydrogen-bond donors (Lipinski definition) is 1. The Morgan fingerprint density at radius 3 is 2.53 bits per heavy atom. The van der Waals surface area contributed by atoms with Crippen molar-refractivity contribution in [2.75, 3.05) is 7.11 Å². The molecule has 0 aliphatic carbocycles. The quantitative estimate of drug-likeness (QED) is 0.884. The molecule has 0 spiro atoms. The molecule has 2 heteroatoms. The van der Waals surface area contributed by atoms with E-state index in [1.54, 1.807) is 7.11 Å². The van der Waals surface area contributed by atoms with Crippen LogP contribution in [0.1, 0.15) is 29.2 Å². The Hall–Kier alpha value is -1.80. The van der Waals surface area contributed by atoms with Crippen LogP contribution in [0.4, 0.5) is 0 Å². The van der Waals surface area contributed by atoms with Gasteiger partial charge in [-0.15, -0.1) is 0 Å². The van der Waals surface area contributed by atoms with Crippen LogP contribution in [0, 0.1) is 6.92 Å². The molecule has 0 bridgehead atoms. The van der Waals surface area contributed by atoms with Crippen molar-refractivity contribution in [1.82, 2.24) is 0 Å². The Balaban J connectivity index is 2.04. The second-order valence-corrected chi connectivity index (χ2v) is 4.78. The largest absolute Gasteiger partial charge is 0.496 e. The van der Waals surface area contributed by atoms with Crippen molar-refractivity contribution in [1.29, 1.82) is 0 Å². The normalized spacial score (nSPS) is 12.2. The third kappa shape index (κ3) is 3.58. The molecule has 2 aromatic rings. The van der Waals surface area contributed by atoms with E-state index in [4.69, 9.17) is 4.74 Å². The van der Waals surface area contributed by atoms with Gasteiger partial charge in [0.2, 0.25) is 0 Å². The van der Waals surface area contributed by atoms with Crippen LogP contribution in [0.25, 0.3) is 0 Å². The minimum atomic E-state index is -0.425. The first-order chi connectivity index (χ1) is 9.20. The Bertz CT molecular complexity index is 520. The number of methoxy groups -OCH3 is 1. The van der Waals surface area contributed by atoms with E-state index in [0.717, 1.165) is 23.3 Å². The fraction of sp³-hybridized carbons (Fsp3) is 0.294. The van der Waals surface area contributed by atoms with Gasteiger partial charge in [0.25, 0.3) is 0 Å². The number of aliphatic hydroxyl groups excluding tert-OH is 1. The standard InChI is InChI=1S/C17H20O2/c1-13-8-11-17(19-2)15(12-13)9-10-16(18)14-6-4-3-5-7-14/h3-8,11-12,16,18H,9-10H2,1-2H3. The zero-order valence-corrected chi connectivity index (χ0v) is 11.5. The summed E-state index contributed by atoms with van der Waals surface area (Å²) in [7, 11) is 1.68. The van der Waals surface area contributed by atoms with Crippen LogP contribution < -0.4 is 4.74 Å². The van der Waals surface area contributed by atoms with Crippen molar-refractivity contribution >= 4 is 0 Å². The summed E-state index contributed by atoms with van der Waals surface area (Å²) in [6.07, 6.45) is 1.08. The van der Waals surface area contributed by atoms with Crippen molar-refractivity contribution in [3.05, 3.63) is 65.2 Å². The highest BCUT2D eigenvalue weighted by Gasteiger charge is 2.09. The van der Waals surface area contributed by atoms with Crippen molar-refractivity contribution < 1.29 is 9.84 Å². The molecular formula is C17H20O2. The highest BCUT2D eigenvalue weighted by atomic mass is 16.5. The molecule has 0 amide bonds. The summed E-state index contributed by atoms with van der Waals surface area (Å²) in [5.41, 5.74) is 3.33. The first-order valence-electron chi connectivity index (χ1n) is 6.57. The molecule has 2 rings (SSSR count). The van der Waals surface area contributed by atoms with Crippen LogP contribution in [0.15, 0.2) is 48.5 Å². The lowest BCUT2D eigenvalue weighted by molar-refractivity contribution is 0.167.